The number of likely N-dealkylation sites (tertiary alicyclic amines) is 1. The fourth-order valence-corrected chi connectivity index (χ4v) is 5.33. The predicted octanol–water partition coefficient (Wildman–Crippen LogP) is 5.21. The second kappa shape index (κ2) is 11.7. The number of nitrogens with one attached hydrogen (secondary N) is 3. The van der Waals surface area contributed by atoms with E-state index in [4.69, 9.17) is 10.5 Å². The number of carbonyl (C=O) groups is 3. The van der Waals surface area contributed by atoms with E-state index in [-0.39, 0.29) is 29.4 Å². The van der Waals surface area contributed by atoms with Crippen LogP contribution in [0.25, 0.3) is 5.57 Å². The third-order valence-electron chi connectivity index (χ3n) is 7.34. The zero-order chi connectivity index (χ0) is 29.1. The predicted molar refractivity (Wildman–Crippen MR) is 156 cm³/mol. The molecule has 2 heterocycles. The van der Waals surface area contributed by atoms with Crippen molar-refractivity contribution < 1.29 is 19.1 Å². The Morgan fingerprint density at radius 1 is 1.10 bits per heavy atom. The molecule has 0 radical (unpaired) electrons. The van der Waals surface area contributed by atoms with Gasteiger partial charge in [0.1, 0.15) is 17.0 Å². The Morgan fingerprint density at radius 3 is 2.42 bits per heavy atom. The highest BCUT2D eigenvalue weighted by atomic mass is 16.6. The number of H-pyrrole nitrogens is 1. The summed E-state index contributed by atoms with van der Waals surface area (Å²) >= 11 is 0. The lowest BCUT2D eigenvalue weighted by atomic mass is 9.85. The molecule has 5 N–H and O–H groups in total. The molecular weight excluding hydrogens is 508 g/mol. The summed E-state index contributed by atoms with van der Waals surface area (Å²) in [5.41, 5.74) is 8.18. The van der Waals surface area contributed by atoms with Crippen LogP contribution in [0.2, 0.25) is 0 Å². The number of imidazole rings is 1. The van der Waals surface area contributed by atoms with Crippen LogP contribution in [0.3, 0.4) is 0 Å². The molecule has 0 atom stereocenters. The van der Waals surface area contributed by atoms with Gasteiger partial charge in [-0.15, -0.1) is 0 Å². The number of nitrogen functional groups attached to an aromatic ring is 1. The normalized spacial score (nSPS) is 16.7. The highest BCUT2D eigenvalue weighted by molar-refractivity contribution is 6.03. The maximum atomic E-state index is 13.3. The van der Waals surface area contributed by atoms with Crippen molar-refractivity contribution in [3.63, 3.8) is 0 Å². The maximum absolute atomic E-state index is 13.3. The van der Waals surface area contributed by atoms with Crippen molar-refractivity contribution in [3.05, 3.63) is 47.4 Å². The van der Waals surface area contributed by atoms with Crippen LogP contribution in [0.1, 0.15) is 101 Å². The Hall–Kier alpha value is -3.82. The van der Waals surface area contributed by atoms with E-state index in [0.717, 1.165) is 43.4 Å². The fourth-order valence-electron chi connectivity index (χ4n) is 5.33. The number of piperidine rings is 1. The van der Waals surface area contributed by atoms with Gasteiger partial charge in [0.2, 0.25) is 5.91 Å². The molecule has 3 amide bonds. The molecule has 216 valence electrons. The number of rotatable bonds is 6. The number of benzene rings is 1. The Labute approximate surface area is 236 Å². The number of allylic oxidation sites excluding steroid dienone is 2. The van der Waals surface area contributed by atoms with E-state index in [9.17, 15) is 14.4 Å². The Bertz CT molecular complexity index is 1280. The van der Waals surface area contributed by atoms with Gasteiger partial charge in [0.05, 0.1) is 0 Å². The average Bonchev–Trinajstić information content (AvgIpc) is 3.34. The lowest BCUT2D eigenvalue weighted by molar-refractivity contribution is -0.138. The van der Waals surface area contributed by atoms with Crippen LogP contribution in [-0.2, 0) is 9.53 Å². The van der Waals surface area contributed by atoms with Crippen molar-refractivity contribution in [3.8, 4) is 0 Å². The van der Waals surface area contributed by atoms with Gasteiger partial charge < -0.3 is 31.0 Å². The average molecular weight is 551 g/mol. The molecule has 1 saturated heterocycles. The van der Waals surface area contributed by atoms with Gasteiger partial charge in [-0.1, -0.05) is 12.1 Å². The van der Waals surface area contributed by atoms with Gasteiger partial charge in [0.25, 0.3) is 5.91 Å². The summed E-state index contributed by atoms with van der Waals surface area (Å²) in [5, 5.41) is 5.73. The van der Waals surface area contributed by atoms with Gasteiger partial charge in [0, 0.05) is 30.5 Å². The zero-order valence-corrected chi connectivity index (χ0v) is 24.2. The number of hydrogen-bond donors (Lipinski definition) is 4. The van der Waals surface area contributed by atoms with E-state index in [1.165, 1.54) is 23.8 Å². The van der Waals surface area contributed by atoms with Crippen LogP contribution in [0.5, 0.6) is 0 Å². The molecule has 1 aromatic carbocycles. The fraction of sp³-hybridized carbons (Fsp3) is 0.533. The highest BCUT2D eigenvalue weighted by Crippen LogP contribution is 2.37. The number of anilines is 2. The van der Waals surface area contributed by atoms with Crippen LogP contribution < -0.4 is 16.4 Å². The first kappa shape index (κ1) is 29.2. The summed E-state index contributed by atoms with van der Waals surface area (Å²) in [5.74, 6) is 0.261. The summed E-state index contributed by atoms with van der Waals surface area (Å²) in [6, 6.07) is 6.23. The quantitative estimate of drug-likeness (QED) is 0.389. The molecule has 0 saturated carbocycles. The van der Waals surface area contributed by atoms with Gasteiger partial charge in [-0.05, 0) is 102 Å². The summed E-state index contributed by atoms with van der Waals surface area (Å²) in [6.07, 6.45) is 9.05. The Balaban J connectivity index is 1.45. The zero-order valence-electron chi connectivity index (χ0n) is 24.2. The SMILES string of the molecule is CC(C)(C)OC(=O)NC(C)(C)C(=O)N1CCC(c2ccc(NC(=O)c3nc(N)c[nH]3)c(C3=CCCCC3)c2)CC1. The van der Waals surface area contributed by atoms with E-state index in [0.29, 0.717) is 13.1 Å². The molecule has 40 heavy (non-hydrogen) atoms. The number of nitrogens with two attached hydrogens (primary N) is 1. The minimum absolute atomic E-state index is 0.124. The molecule has 1 aromatic heterocycles. The van der Waals surface area contributed by atoms with Crippen molar-refractivity contribution in [2.45, 2.75) is 90.2 Å². The van der Waals surface area contributed by atoms with Crippen molar-refractivity contribution >= 4 is 35.0 Å². The molecule has 1 aliphatic carbocycles. The standard InChI is InChI=1S/C30H42N6O4/c1-29(2,3)40-28(39)35-30(4,5)27(38)36-15-13-19(14-16-36)21-11-12-23(22(17-21)20-9-7-6-8-10-20)33-26(37)25-32-18-24(31)34-25/h9,11-12,17-19H,6-8,10,13-16,31H2,1-5H3,(H,32,34)(H,33,37)(H,35,39). The summed E-state index contributed by atoms with van der Waals surface area (Å²) in [4.78, 5) is 47.1. The minimum Gasteiger partial charge on any atom is -0.444 e. The largest absolute Gasteiger partial charge is 0.444 e. The van der Waals surface area contributed by atoms with E-state index in [2.05, 4.69) is 38.8 Å². The highest BCUT2D eigenvalue weighted by Gasteiger charge is 2.36. The topological polar surface area (TPSA) is 142 Å². The molecular formula is C30H42N6O4. The molecule has 10 heteroatoms. The summed E-state index contributed by atoms with van der Waals surface area (Å²) in [7, 11) is 0. The van der Waals surface area contributed by atoms with Crippen LogP contribution in [0, 0.1) is 0 Å². The van der Waals surface area contributed by atoms with Crippen LogP contribution in [0.4, 0.5) is 16.3 Å². The number of ether oxygens (including phenoxy) is 1. The number of nitrogens with zero attached hydrogens (tertiary/aromatic N) is 2. The van der Waals surface area contributed by atoms with Crippen molar-refractivity contribution in [2.75, 3.05) is 24.1 Å². The molecule has 2 aromatic rings. The molecule has 1 aliphatic heterocycles. The van der Waals surface area contributed by atoms with Crippen LogP contribution in [0.15, 0.2) is 30.5 Å². The molecule has 1 fully saturated rings. The Morgan fingerprint density at radius 2 is 1.82 bits per heavy atom. The first-order valence-electron chi connectivity index (χ1n) is 14.1. The van der Waals surface area contributed by atoms with Crippen LogP contribution >= 0.6 is 0 Å². The Kier molecular flexibility index (Phi) is 8.56. The van der Waals surface area contributed by atoms with Crippen LogP contribution in [-0.4, -0.2) is 57.0 Å². The number of aromatic amines is 1. The third-order valence-corrected chi connectivity index (χ3v) is 7.34. The minimum atomic E-state index is -1.08. The summed E-state index contributed by atoms with van der Waals surface area (Å²) in [6.45, 7) is 9.98. The van der Waals surface area contributed by atoms with Gasteiger partial charge in [-0.3, -0.25) is 9.59 Å². The van der Waals surface area contributed by atoms with E-state index < -0.39 is 17.2 Å². The number of carbonyl (C=O) groups excluding carboxylic acids is 3. The smallest absolute Gasteiger partial charge is 0.408 e. The number of alkyl carbamates (subject to hydrolysis) is 1. The second-order valence-corrected chi connectivity index (χ2v) is 12.2. The monoisotopic (exact) mass is 550 g/mol. The molecule has 0 bridgehead atoms. The van der Waals surface area contributed by atoms with Crippen molar-refractivity contribution in [1.82, 2.24) is 20.2 Å². The van der Waals surface area contributed by atoms with Crippen molar-refractivity contribution in [2.24, 2.45) is 0 Å². The van der Waals surface area contributed by atoms with Gasteiger partial charge >= 0.3 is 6.09 Å². The van der Waals surface area contributed by atoms with E-state index in [1.54, 1.807) is 34.6 Å². The van der Waals surface area contributed by atoms with E-state index >= 15 is 0 Å². The molecule has 0 unspecified atom stereocenters. The second-order valence-electron chi connectivity index (χ2n) is 12.2. The molecule has 10 nitrogen and oxygen atoms in total. The number of aromatic nitrogens is 2. The van der Waals surface area contributed by atoms with Gasteiger partial charge in [-0.2, -0.15) is 0 Å². The van der Waals surface area contributed by atoms with Gasteiger partial charge in [-0.25, -0.2) is 9.78 Å². The number of hydrogen-bond acceptors (Lipinski definition) is 6. The lowest BCUT2D eigenvalue weighted by Crippen LogP contribution is -2.57. The molecule has 2 aliphatic rings. The first-order chi connectivity index (χ1) is 18.8. The third kappa shape index (κ3) is 7.22. The number of amides is 3. The maximum Gasteiger partial charge on any atom is 0.408 e. The summed E-state index contributed by atoms with van der Waals surface area (Å²) < 4.78 is 5.34. The lowest BCUT2D eigenvalue weighted by Gasteiger charge is -2.37. The molecule has 4 rings (SSSR count). The first-order valence-corrected chi connectivity index (χ1v) is 14.1. The molecule has 0 spiro atoms. The van der Waals surface area contributed by atoms with E-state index in [1.807, 2.05) is 11.0 Å². The van der Waals surface area contributed by atoms with Gasteiger partial charge in [0.15, 0.2) is 5.82 Å². The van der Waals surface area contributed by atoms with Crippen molar-refractivity contribution in [1.29, 1.82) is 0 Å².